The molecule has 9 nitrogen and oxygen atoms in total. The molecule has 0 fully saturated rings. The van der Waals surface area contributed by atoms with Gasteiger partial charge in [-0.3, -0.25) is 4.79 Å². The largest absolute Gasteiger partial charge is 0.382 e. The summed E-state index contributed by atoms with van der Waals surface area (Å²) in [6.45, 7) is 2.60. The van der Waals surface area contributed by atoms with E-state index < -0.39 is 0 Å². The Morgan fingerprint density at radius 1 is 1.41 bits per heavy atom. The first-order valence-corrected chi connectivity index (χ1v) is 6.82. The lowest BCUT2D eigenvalue weighted by Gasteiger charge is -2.10. The third-order valence-electron chi connectivity index (χ3n) is 3.34. The van der Waals surface area contributed by atoms with E-state index in [0.717, 1.165) is 5.82 Å². The van der Waals surface area contributed by atoms with Crippen molar-refractivity contribution in [1.82, 2.24) is 34.8 Å². The molecule has 0 aliphatic carbocycles. The van der Waals surface area contributed by atoms with Gasteiger partial charge < -0.3 is 20.6 Å². The molecule has 0 aliphatic rings. The molecule has 0 bridgehead atoms. The minimum atomic E-state index is -0.130. The molecule has 3 aromatic heterocycles. The molecule has 0 saturated carbocycles. The zero-order valence-electron chi connectivity index (χ0n) is 12.0. The molecule has 3 heterocycles. The molecular formula is C13H16N8O. The summed E-state index contributed by atoms with van der Waals surface area (Å²) in [5.41, 5.74) is 6.76. The number of H-pyrrole nitrogens is 1. The number of imidazole rings is 2. The number of nitrogens with two attached hydrogens (primary N) is 1. The Hall–Kier alpha value is -2.97. The molecule has 9 heteroatoms. The number of amides is 1. The fourth-order valence-corrected chi connectivity index (χ4v) is 2.14. The Labute approximate surface area is 126 Å². The summed E-state index contributed by atoms with van der Waals surface area (Å²) in [5.74, 6) is 1.12. The topological polar surface area (TPSA) is 127 Å². The lowest BCUT2D eigenvalue weighted by atomic mass is 10.1. The van der Waals surface area contributed by atoms with Gasteiger partial charge in [-0.1, -0.05) is 6.92 Å². The van der Waals surface area contributed by atoms with Crippen LogP contribution in [0.3, 0.4) is 0 Å². The molecule has 0 saturated heterocycles. The van der Waals surface area contributed by atoms with E-state index in [2.05, 4.69) is 30.2 Å². The van der Waals surface area contributed by atoms with E-state index in [1.54, 1.807) is 17.0 Å². The highest BCUT2D eigenvalue weighted by Crippen LogP contribution is 2.13. The van der Waals surface area contributed by atoms with Crippen molar-refractivity contribution in [2.75, 3.05) is 12.3 Å². The van der Waals surface area contributed by atoms with Crippen LogP contribution in [0.1, 0.15) is 18.7 Å². The maximum atomic E-state index is 12.0. The first kappa shape index (κ1) is 14.0. The lowest BCUT2D eigenvalue weighted by molar-refractivity contribution is -0.121. The molecule has 0 radical (unpaired) electrons. The van der Waals surface area contributed by atoms with E-state index in [4.69, 9.17) is 5.73 Å². The maximum Gasteiger partial charge on any atom is 0.240 e. The van der Waals surface area contributed by atoms with Crippen LogP contribution in [0, 0.1) is 0 Å². The van der Waals surface area contributed by atoms with Crippen molar-refractivity contribution >= 4 is 22.9 Å². The number of carbonyl (C=O) groups excluding carboxylic acids is 1. The number of fused-ring (bicyclic) bond motifs is 1. The molecule has 0 spiro atoms. The second-order valence-corrected chi connectivity index (χ2v) is 4.98. The summed E-state index contributed by atoms with van der Waals surface area (Å²) in [6.07, 6.45) is 6.34. The highest BCUT2D eigenvalue weighted by Gasteiger charge is 2.13. The number of anilines is 1. The smallest absolute Gasteiger partial charge is 0.240 e. The molecule has 1 unspecified atom stereocenters. The minimum absolute atomic E-state index is 0.108. The van der Waals surface area contributed by atoms with Crippen LogP contribution < -0.4 is 11.1 Å². The van der Waals surface area contributed by atoms with Gasteiger partial charge in [-0.2, -0.15) is 0 Å². The van der Waals surface area contributed by atoms with Crippen molar-refractivity contribution in [2.45, 2.75) is 19.4 Å². The van der Waals surface area contributed by atoms with Crippen molar-refractivity contribution < 1.29 is 4.79 Å². The van der Waals surface area contributed by atoms with Gasteiger partial charge in [0.2, 0.25) is 5.91 Å². The number of aromatic amines is 1. The van der Waals surface area contributed by atoms with E-state index in [-0.39, 0.29) is 18.4 Å². The molecule has 1 amide bonds. The Morgan fingerprint density at radius 2 is 2.27 bits per heavy atom. The fourth-order valence-electron chi connectivity index (χ4n) is 2.14. The highest BCUT2D eigenvalue weighted by atomic mass is 16.1. The van der Waals surface area contributed by atoms with Gasteiger partial charge in [0.25, 0.3) is 0 Å². The lowest BCUT2D eigenvalue weighted by Crippen LogP contribution is -2.30. The molecule has 0 aromatic carbocycles. The predicted molar refractivity (Wildman–Crippen MR) is 79.7 cm³/mol. The first-order chi connectivity index (χ1) is 10.6. The number of rotatable bonds is 5. The summed E-state index contributed by atoms with van der Waals surface area (Å²) in [4.78, 5) is 31.3. The van der Waals surface area contributed by atoms with E-state index in [1.807, 2.05) is 6.92 Å². The maximum absolute atomic E-state index is 12.0. The van der Waals surface area contributed by atoms with Gasteiger partial charge in [-0.05, 0) is 0 Å². The average molecular weight is 300 g/mol. The van der Waals surface area contributed by atoms with Gasteiger partial charge >= 0.3 is 0 Å². The van der Waals surface area contributed by atoms with Crippen LogP contribution in [-0.2, 0) is 11.3 Å². The van der Waals surface area contributed by atoms with E-state index >= 15 is 0 Å². The van der Waals surface area contributed by atoms with E-state index in [1.165, 1.54) is 12.7 Å². The SMILES string of the molecule is CC(CNC(=O)Cn1cnc2c(N)ncnc21)c1ncc[nH]1. The van der Waals surface area contributed by atoms with E-state index in [9.17, 15) is 4.79 Å². The summed E-state index contributed by atoms with van der Waals surface area (Å²) >= 11 is 0. The fraction of sp³-hybridized carbons (Fsp3) is 0.308. The Kier molecular flexibility index (Phi) is 3.69. The molecular weight excluding hydrogens is 284 g/mol. The van der Waals surface area contributed by atoms with Crippen LogP contribution >= 0.6 is 0 Å². The zero-order valence-corrected chi connectivity index (χ0v) is 12.0. The van der Waals surface area contributed by atoms with Crippen molar-refractivity contribution in [2.24, 2.45) is 0 Å². The number of nitrogens with one attached hydrogen (secondary N) is 2. The van der Waals surface area contributed by atoms with Crippen molar-refractivity contribution in [3.05, 3.63) is 30.9 Å². The third kappa shape index (κ3) is 2.73. The number of hydrogen-bond acceptors (Lipinski definition) is 6. The quantitative estimate of drug-likeness (QED) is 0.611. The number of hydrogen-bond donors (Lipinski definition) is 3. The van der Waals surface area contributed by atoms with Gasteiger partial charge in [0, 0.05) is 24.9 Å². The van der Waals surface area contributed by atoms with Gasteiger partial charge in [-0.15, -0.1) is 0 Å². The second kappa shape index (κ2) is 5.80. The Balaban J connectivity index is 1.63. The molecule has 0 aliphatic heterocycles. The number of carbonyl (C=O) groups is 1. The molecule has 3 aromatic rings. The van der Waals surface area contributed by atoms with Gasteiger partial charge in [-0.25, -0.2) is 19.9 Å². The Morgan fingerprint density at radius 3 is 3.05 bits per heavy atom. The van der Waals surface area contributed by atoms with Crippen molar-refractivity contribution in [3.8, 4) is 0 Å². The molecule has 22 heavy (non-hydrogen) atoms. The standard InChI is InChI=1S/C13H16N8O/c1-8(12-15-2-3-16-12)4-17-9(22)5-21-7-20-10-11(14)18-6-19-13(10)21/h2-3,6-8H,4-5H2,1H3,(H,15,16)(H,17,22)(H2,14,18,19). The van der Waals surface area contributed by atoms with E-state index in [0.29, 0.717) is 23.5 Å². The van der Waals surface area contributed by atoms with Gasteiger partial charge in [0.15, 0.2) is 11.5 Å². The molecule has 114 valence electrons. The van der Waals surface area contributed by atoms with Crippen LogP contribution in [0.15, 0.2) is 25.0 Å². The van der Waals surface area contributed by atoms with Crippen LogP contribution in [0.2, 0.25) is 0 Å². The zero-order chi connectivity index (χ0) is 15.5. The van der Waals surface area contributed by atoms with Crippen LogP contribution in [0.25, 0.3) is 11.2 Å². The molecule has 1 atom stereocenters. The highest BCUT2D eigenvalue weighted by molar-refractivity contribution is 5.83. The molecule has 3 rings (SSSR count). The Bertz CT molecular complexity index is 779. The van der Waals surface area contributed by atoms with Crippen LogP contribution in [-0.4, -0.2) is 41.9 Å². The number of nitrogen functional groups attached to an aromatic ring is 1. The normalized spacial score (nSPS) is 12.4. The van der Waals surface area contributed by atoms with Gasteiger partial charge in [0.05, 0.1) is 6.33 Å². The minimum Gasteiger partial charge on any atom is -0.382 e. The first-order valence-electron chi connectivity index (χ1n) is 6.82. The third-order valence-corrected chi connectivity index (χ3v) is 3.34. The van der Waals surface area contributed by atoms with Crippen molar-refractivity contribution in [3.63, 3.8) is 0 Å². The summed E-state index contributed by atoms with van der Waals surface area (Å²) in [5, 5.41) is 2.87. The average Bonchev–Trinajstić information content (AvgIpc) is 3.16. The monoisotopic (exact) mass is 300 g/mol. The summed E-state index contributed by atoms with van der Waals surface area (Å²) in [7, 11) is 0. The van der Waals surface area contributed by atoms with Crippen molar-refractivity contribution in [1.29, 1.82) is 0 Å². The summed E-state index contributed by atoms with van der Waals surface area (Å²) < 4.78 is 1.64. The van der Waals surface area contributed by atoms with Crippen LogP contribution in [0.5, 0.6) is 0 Å². The number of aromatic nitrogens is 6. The second-order valence-electron chi connectivity index (χ2n) is 4.98. The summed E-state index contributed by atoms with van der Waals surface area (Å²) in [6, 6.07) is 0. The van der Waals surface area contributed by atoms with Gasteiger partial charge in [0.1, 0.15) is 24.2 Å². The number of nitrogens with zero attached hydrogens (tertiary/aromatic N) is 5. The predicted octanol–water partition coefficient (Wildman–Crippen LogP) is 0.0515. The molecule has 4 N–H and O–H groups in total. The van der Waals surface area contributed by atoms with Crippen LogP contribution in [0.4, 0.5) is 5.82 Å².